The summed E-state index contributed by atoms with van der Waals surface area (Å²) in [5.74, 6) is 2.46. The van der Waals surface area contributed by atoms with Crippen molar-refractivity contribution in [3.05, 3.63) is 59.6 Å². The third kappa shape index (κ3) is 5.09. The van der Waals surface area contributed by atoms with Gasteiger partial charge in [-0.3, -0.25) is 0 Å². The molecule has 1 aliphatic heterocycles. The van der Waals surface area contributed by atoms with E-state index < -0.39 is 6.04 Å². The van der Waals surface area contributed by atoms with Gasteiger partial charge in [0.15, 0.2) is 16.6 Å². The van der Waals surface area contributed by atoms with E-state index in [1.165, 1.54) is 7.11 Å². The van der Waals surface area contributed by atoms with Crippen LogP contribution in [0.5, 0.6) is 17.2 Å². The zero-order chi connectivity index (χ0) is 25.1. The van der Waals surface area contributed by atoms with Gasteiger partial charge in [-0.15, -0.1) is 0 Å². The molecule has 2 heterocycles. The van der Waals surface area contributed by atoms with Crippen LogP contribution in [-0.2, 0) is 0 Å². The van der Waals surface area contributed by atoms with Crippen LogP contribution in [0, 0.1) is 5.92 Å². The van der Waals surface area contributed by atoms with Gasteiger partial charge in [0.25, 0.3) is 5.89 Å². The van der Waals surface area contributed by atoms with Gasteiger partial charge in [-0.05, 0) is 73.9 Å². The van der Waals surface area contributed by atoms with Crippen molar-refractivity contribution >= 4 is 22.9 Å². The van der Waals surface area contributed by atoms with Crippen LogP contribution < -0.4 is 14.8 Å². The van der Waals surface area contributed by atoms with Crippen molar-refractivity contribution in [1.82, 2.24) is 20.4 Å². The monoisotopic (exact) mass is 494 g/mol. The molecule has 2 aromatic carbocycles. The van der Waals surface area contributed by atoms with Crippen molar-refractivity contribution < 1.29 is 19.1 Å². The first-order valence-electron chi connectivity index (χ1n) is 11.5. The number of hydrogen-bond acceptors (Lipinski definition) is 7. The number of methoxy groups -OCH3 is 1. The Kier molecular flexibility index (Phi) is 7.25. The van der Waals surface area contributed by atoms with Crippen molar-refractivity contribution in [3.63, 3.8) is 0 Å². The number of ether oxygens (including phenoxy) is 2. The molecule has 1 aromatic heterocycles. The number of benzene rings is 2. The van der Waals surface area contributed by atoms with Crippen LogP contribution in [0.4, 0.5) is 0 Å². The summed E-state index contributed by atoms with van der Waals surface area (Å²) in [4.78, 5) is 6.78. The molecule has 8 nitrogen and oxygen atoms in total. The maximum absolute atomic E-state index is 10.4. The summed E-state index contributed by atoms with van der Waals surface area (Å²) in [6.45, 7) is 9.56. The number of thiocarbonyl (C=S) groups is 1. The first-order chi connectivity index (χ1) is 16.8. The summed E-state index contributed by atoms with van der Waals surface area (Å²) in [5, 5.41) is 18.7. The van der Waals surface area contributed by atoms with E-state index in [1.54, 1.807) is 12.1 Å². The predicted octanol–water partition coefficient (Wildman–Crippen LogP) is 5.17. The van der Waals surface area contributed by atoms with E-state index >= 15 is 0 Å². The number of nitrogens with zero attached hydrogens (tertiary/aromatic N) is 3. The molecule has 2 N–H and O–H groups in total. The SMILES string of the molecule is CCOc1ccc(-c2noc(C3=C(C)N(CC(C)C)C(=S)NC3c3ccc(OC)c(O)c3)n2)cc1. The van der Waals surface area contributed by atoms with Gasteiger partial charge in [0, 0.05) is 17.8 Å². The molecular weight excluding hydrogens is 464 g/mol. The highest BCUT2D eigenvalue weighted by atomic mass is 32.1. The van der Waals surface area contributed by atoms with Crippen molar-refractivity contribution in [3.8, 4) is 28.6 Å². The maximum atomic E-state index is 10.4. The molecule has 0 aliphatic carbocycles. The molecular formula is C26H30N4O4S. The Morgan fingerprint density at radius 1 is 1.20 bits per heavy atom. The lowest BCUT2D eigenvalue weighted by Crippen LogP contribution is -2.47. The van der Waals surface area contributed by atoms with Gasteiger partial charge < -0.3 is 29.3 Å². The molecule has 1 atom stereocenters. The van der Waals surface area contributed by atoms with E-state index in [0.29, 0.717) is 35.1 Å². The Morgan fingerprint density at radius 2 is 1.94 bits per heavy atom. The summed E-state index contributed by atoms with van der Waals surface area (Å²) < 4.78 is 16.5. The predicted molar refractivity (Wildman–Crippen MR) is 138 cm³/mol. The van der Waals surface area contributed by atoms with Crippen molar-refractivity contribution in [1.29, 1.82) is 0 Å². The second-order valence-corrected chi connectivity index (χ2v) is 9.08. The average Bonchev–Trinajstić information content (AvgIpc) is 3.31. The van der Waals surface area contributed by atoms with Crippen LogP contribution in [0.15, 0.2) is 52.7 Å². The van der Waals surface area contributed by atoms with E-state index in [0.717, 1.165) is 34.7 Å². The second kappa shape index (κ2) is 10.4. The zero-order valence-electron chi connectivity index (χ0n) is 20.5. The highest BCUT2D eigenvalue weighted by Crippen LogP contribution is 2.40. The molecule has 1 aliphatic rings. The number of aromatic nitrogens is 2. The lowest BCUT2D eigenvalue weighted by atomic mass is 9.94. The molecule has 1 unspecified atom stereocenters. The molecule has 4 rings (SSSR count). The molecule has 0 saturated heterocycles. The smallest absolute Gasteiger partial charge is 0.258 e. The van der Waals surface area contributed by atoms with Crippen molar-refractivity contribution in [2.24, 2.45) is 5.92 Å². The summed E-state index contributed by atoms with van der Waals surface area (Å²) in [7, 11) is 1.52. The quantitative estimate of drug-likeness (QED) is 0.412. The van der Waals surface area contributed by atoms with Crippen LogP contribution >= 0.6 is 12.2 Å². The van der Waals surface area contributed by atoms with Gasteiger partial charge in [0.2, 0.25) is 5.82 Å². The van der Waals surface area contributed by atoms with E-state index in [1.807, 2.05) is 44.2 Å². The van der Waals surface area contributed by atoms with E-state index in [4.69, 9.17) is 31.2 Å². The lowest BCUT2D eigenvalue weighted by Gasteiger charge is -2.38. The van der Waals surface area contributed by atoms with E-state index in [9.17, 15) is 5.11 Å². The third-order valence-corrected chi connectivity index (χ3v) is 6.10. The molecule has 3 aromatic rings. The fraction of sp³-hybridized carbons (Fsp3) is 0.346. The average molecular weight is 495 g/mol. The van der Waals surface area contributed by atoms with Crippen LogP contribution in [-0.4, -0.2) is 45.5 Å². The van der Waals surface area contributed by atoms with Gasteiger partial charge in [0.1, 0.15) is 5.75 Å². The lowest BCUT2D eigenvalue weighted by molar-refractivity contribution is 0.340. The van der Waals surface area contributed by atoms with Crippen LogP contribution in [0.1, 0.15) is 45.2 Å². The van der Waals surface area contributed by atoms with Crippen molar-refractivity contribution in [2.75, 3.05) is 20.3 Å². The highest BCUT2D eigenvalue weighted by molar-refractivity contribution is 7.80. The third-order valence-electron chi connectivity index (χ3n) is 5.76. The summed E-state index contributed by atoms with van der Waals surface area (Å²) in [6, 6.07) is 12.4. The van der Waals surface area contributed by atoms with Gasteiger partial charge in [-0.1, -0.05) is 25.1 Å². The Hall–Kier alpha value is -3.59. The summed E-state index contributed by atoms with van der Waals surface area (Å²) >= 11 is 5.71. The fourth-order valence-corrected chi connectivity index (χ4v) is 4.43. The standard InChI is InChI=1S/C26H30N4O4S/c1-6-33-19-10-7-17(8-11-19)24-28-25(34-29-24)22-16(4)30(14-15(2)3)26(35)27-23(22)18-9-12-21(32-5)20(31)13-18/h7-13,15,23,31H,6,14H2,1-5H3,(H,27,35). The molecule has 35 heavy (non-hydrogen) atoms. The minimum atomic E-state index is -0.392. The molecule has 0 bridgehead atoms. The van der Waals surface area contributed by atoms with Gasteiger partial charge in [-0.2, -0.15) is 4.98 Å². The molecule has 0 radical (unpaired) electrons. The topological polar surface area (TPSA) is 92.9 Å². The van der Waals surface area contributed by atoms with Crippen LogP contribution in [0.25, 0.3) is 17.0 Å². The molecule has 0 fully saturated rings. The van der Waals surface area contributed by atoms with Crippen LogP contribution in [0.2, 0.25) is 0 Å². The van der Waals surface area contributed by atoms with Gasteiger partial charge in [-0.25, -0.2) is 0 Å². The van der Waals surface area contributed by atoms with E-state index in [2.05, 4.69) is 29.2 Å². The van der Waals surface area contributed by atoms with Crippen LogP contribution in [0.3, 0.4) is 0 Å². The normalized spacial score (nSPS) is 16.0. The minimum Gasteiger partial charge on any atom is -0.504 e. The Morgan fingerprint density at radius 3 is 2.57 bits per heavy atom. The Bertz CT molecular complexity index is 1240. The number of rotatable bonds is 8. The molecule has 0 saturated carbocycles. The molecule has 0 spiro atoms. The summed E-state index contributed by atoms with van der Waals surface area (Å²) in [6.07, 6.45) is 0. The number of hydrogen-bond donors (Lipinski definition) is 2. The first kappa shape index (κ1) is 24.5. The number of phenolic OH excluding ortho intramolecular Hbond substituents is 1. The number of aromatic hydroxyl groups is 1. The summed E-state index contributed by atoms with van der Waals surface area (Å²) in [5.41, 5.74) is 3.34. The molecule has 184 valence electrons. The van der Waals surface area contributed by atoms with Crippen molar-refractivity contribution in [2.45, 2.75) is 33.7 Å². The Balaban J connectivity index is 1.77. The number of allylic oxidation sites excluding steroid dienone is 1. The number of phenols is 1. The van der Waals surface area contributed by atoms with Gasteiger partial charge >= 0.3 is 0 Å². The van der Waals surface area contributed by atoms with Gasteiger partial charge in [0.05, 0.1) is 25.3 Å². The Labute approximate surface area is 210 Å². The second-order valence-electron chi connectivity index (χ2n) is 8.70. The highest BCUT2D eigenvalue weighted by Gasteiger charge is 2.34. The number of nitrogens with one attached hydrogen (secondary N) is 1. The van der Waals surface area contributed by atoms with E-state index in [-0.39, 0.29) is 5.75 Å². The largest absolute Gasteiger partial charge is 0.504 e. The fourth-order valence-electron chi connectivity index (χ4n) is 4.10. The minimum absolute atomic E-state index is 0.0416. The first-order valence-corrected chi connectivity index (χ1v) is 12.0. The molecule has 0 amide bonds. The maximum Gasteiger partial charge on any atom is 0.258 e. The zero-order valence-corrected chi connectivity index (χ0v) is 21.3. The molecule has 9 heteroatoms.